The van der Waals surface area contributed by atoms with Crippen LogP contribution in [-0.2, 0) is 5.88 Å². The van der Waals surface area contributed by atoms with Crippen LogP contribution in [0.4, 0.5) is 0 Å². The van der Waals surface area contributed by atoms with Gasteiger partial charge in [-0.25, -0.2) is 4.98 Å². The van der Waals surface area contributed by atoms with Gasteiger partial charge in [0.25, 0.3) is 0 Å². The molecule has 104 valence electrons. The third kappa shape index (κ3) is 2.02. The monoisotopic (exact) mass is 288 g/mol. The summed E-state index contributed by atoms with van der Waals surface area (Å²) in [7, 11) is 0. The molecule has 0 radical (unpaired) electrons. The molecule has 2 aromatic heterocycles. The second-order valence-electron chi connectivity index (χ2n) is 5.10. The molecule has 3 nitrogen and oxygen atoms in total. The normalized spacial score (nSPS) is 13.0. The molecule has 0 fully saturated rings. The lowest BCUT2D eigenvalue weighted by molar-refractivity contribution is 0.429. The predicted molar refractivity (Wildman–Crippen MR) is 81.3 cm³/mol. The molecule has 0 saturated carbocycles. The van der Waals surface area contributed by atoms with Crippen molar-refractivity contribution in [2.75, 3.05) is 0 Å². The third-order valence-electron chi connectivity index (χ3n) is 3.67. The number of nitrogens with zero attached hydrogens (tertiary/aromatic N) is 2. The van der Waals surface area contributed by atoms with Gasteiger partial charge in [-0.1, -0.05) is 12.1 Å². The molecule has 0 amide bonds. The summed E-state index contributed by atoms with van der Waals surface area (Å²) in [5.41, 5.74) is 3.27. The van der Waals surface area contributed by atoms with Gasteiger partial charge >= 0.3 is 0 Å². The van der Waals surface area contributed by atoms with Crippen molar-refractivity contribution in [3.8, 4) is 0 Å². The van der Waals surface area contributed by atoms with Gasteiger partial charge in [0.2, 0.25) is 0 Å². The zero-order chi connectivity index (χ0) is 14.3. The predicted octanol–water partition coefficient (Wildman–Crippen LogP) is 4.59. The maximum atomic E-state index is 6.08. The highest BCUT2D eigenvalue weighted by Gasteiger charge is 2.19. The summed E-state index contributed by atoms with van der Waals surface area (Å²) in [5.74, 6) is 3.10. The van der Waals surface area contributed by atoms with E-state index in [2.05, 4.69) is 35.5 Å². The average molecular weight is 289 g/mol. The zero-order valence-corrected chi connectivity index (χ0v) is 12.6. The number of hydrogen-bond donors (Lipinski definition) is 0. The molecule has 3 rings (SSSR count). The molecule has 3 aromatic rings. The standard InChI is InChI=1S/C16H17ClN2O/c1-10-5-4-6-13-16(10)18-15(9-17)19(13)12(3)14-8-7-11(2)20-14/h4-8,12H,9H2,1-3H3. The van der Waals surface area contributed by atoms with Gasteiger partial charge in [0.15, 0.2) is 0 Å². The van der Waals surface area contributed by atoms with Crippen molar-refractivity contribution in [1.82, 2.24) is 9.55 Å². The van der Waals surface area contributed by atoms with Crippen LogP contribution in [0.5, 0.6) is 0 Å². The number of benzene rings is 1. The molecule has 0 spiro atoms. The quantitative estimate of drug-likeness (QED) is 0.660. The van der Waals surface area contributed by atoms with Gasteiger partial charge in [-0.3, -0.25) is 0 Å². The largest absolute Gasteiger partial charge is 0.464 e. The van der Waals surface area contributed by atoms with Crippen LogP contribution in [0.3, 0.4) is 0 Å². The number of imidazole rings is 1. The fourth-order valence-corrected chi connectivity index (χ4v) is 2.83. The molecule has 0 N–H and O–H groups in total. The number of rotatable bonds is 3. The Morgan fingerprint density at radius 1 is 1.25 bits per heavy atom. The Kier molecular flexibility index (Phi) is 3.30. The number of furan rings is 1. The second kappa shape index (κ2) is 4.98. The van der Waals surface area contributed by atoms with Crippen molar-refractivity contribution in [3.05, 3.63) is 53.2 Å². The lowest BCUT2D eigenvalue weighted by Gasteiger charge is -2.14. The van der Waals surface area contributed by atoms with Gasteiger partial charge in [0.1, 0.15) is 17.3 Å². The highest BCUT2D eigenvalue weighted by atomic mass is 35.5. The molecule has 4 heteroatoms. The first-order valence-electron chi connectivity index (χ1n) is 6.70. The maximum absolute atomic E-state index is 6.08. The molecule has 1 unspecified atom stereocenters. The fourth-order valence-electron chi connectivity index (χ4n) is 2.64. The lowest BCUT2D eigenvalue weighted by atomic mass is 10.2. The van der Waals surface area contributed by atoms with Gasteiger partial charge < -0.3 is 8.98 Å². The van der Waals surface area contributed by atoms with Crippen molar-refractivity contribution in [2.24, 2.45) is 0 Å². The fraction of sp³-hybridized carbons (Fsp3) is 0.312. The minimum absolute atomic E-state index is 0.0734. The molecule has 1 aromatic carbocycles. The summed E-state index contributed by atoms with van der Waals surface area (Å²) < 4.78 is 7.92. The lowest BCUT2D eigenvalue weighted by Crippen LogP contribution is -2.09. The van der Waals surface area contributed by atoms with Crippen LogP contribution in [0.25, 0.3) is 11.0 Å². The molecule has 2 heterocycles. The van der Waals surface area contributed by atoms with E-state index in [9.17, 15) is 0 Å². The average Bonchev–Trinajstić information content (AvgIpc) is 3.02. The summed E-state index contributed by atoms with van der Waals surface area (Å²) in [5, 5.41) is 0. The third-order valence-corrected chi connectivity index (χ3v) is 3.91. The van der Waals surface area contributed by atoms with E-state index in [0.717, 1.165) is 33.9 Å². The van der Waals surface area contributed by atoms with Gasteiger partial charge in [-0.2, -0.15) is 0 Å². The van der Waals surface area contributed by atoms with E-state index < -0.39 is 0 Å². The number of alkyl halides is 1. The number of hydrogen-bond acceptors (Lipinski definition) is 2. The summed E-state index contributed by atoms with van der Waals surface area (Å²) in [6.07, 6.45) is 0. The van der Waals surface area contributed by atoms with Crippen LogP contribution in [0.1, 0.15) is 35.9 Å². The topological polar surface area (TPSA) is 31.0 Å². The maximum Gasteiger partial charge on any atom is 0.126 e. The van der Waals surface area contributed by atoms with E-state index >= 15 is 0 Å². The van der Waals surface area contributed by atoms with Gasteiger partial charge in [-0.05, 0) is 44.5 Å². The van der Waals surface area contributed by atoms with E-state index in [1.807, 2.05) is 25.1 Å². The van der Waals surface area contributed by atoms with E-state index in [0.29, 0.717) is 5.88 Å². The summed E-state index contributed by atoms with van der Waals surface area (Å²) in [6.45, 7) is 6.13. The Labute approximate surface area is 123 Å². The van der Waals surface area contributed by atoms with E-state index in [1.165, 1.54) is 0 Å². The molecule has 0 aliphatic carbocycles. The second-order valence-corrected chi connectivity index (χ2v) is 5.37. The number of para-hydroxylation sites is 1. The van der Waals surface area contributed by atoms with E-state index in [-0.39, 0.29) is 6.04 Å². The van der Waals surface area contributed by atoms with Crippen molar-refractivity contribution >= 4 is 22.6 Å². The first kappa shape index (κ1) is 13.3. The Hall–Kier alpha value is -1.74. The smallest absolute Gasteiger partial charge is 0.126 e. The molecule has 0 aliphatic heterocycles. The van der Waals surface area contributed by atoms with Crippen LogP contribution >= 0.6 is 11.6 Å². The van der Waals surface area contributed by atoms with Crippen molar-refractivity contribution in [1.29, 1.82) is 0 Å². The van der Waals surface area contributed by atoms with E-state index in [1.54, 1.807) is 0 Å². The molecule has 1 atom stereocenters. The van der Waals surface area contributed by atoms with Crippen molar-refractivity contribution in [3.63, 3.8) is 0 Å². The summed E-state index contributed by atoms with van der Waals surface area (Å²) in [6, 6.07) is 10.3. The summed E-state index contributed by atoms with van der Waals surface area (Å²) in [4.78, 5) is 4.67. The number of aromatic nitrogens is 2. The number of fused-ring (bicyclic) bond motifs is 1. The van der Waals surface area contributed by atoms with Gasteiger partial charge in [-0.15, -0.1) is 11.6 Å². The molecule has 20 heavy (non-hydrogen) atoms. The highest BCUT2D eigenvalue weighted by molar-refractivity contribution is 6.16. The SMILES string of the molecule is Cc1ccc(C(C)n2c(CCl)nc3c(C)cccc32)o1. The van der Waals surface area contributed by atoms with Crippen LogP contribution in [-0.4, -0.2) is 9.55 Å². The molecular weight excluding hydrogens is 272 g/mol. The molecular formula is C16H17ClN2O. The Balaban J connectivity index is 2.21. The van der Waals surface area contributed by atoms with Crippen LogP contribution < -0.4 is 0 Å². The first-order valence-corrected chi connectivity index (χ1v) is 7.24. The van der Waals surface area contributed by atoms with Crippen molar-refractivity contribution < 1.29 is 4.42 Å². The zero-order valence-electron chi connectivity index (χ0n) is 11.9. The Morgan fingerprint density at radius 3 is 2.70 bits per heavy atom. The first-order chi connectivity index (χ1) is 9.61. The van der Waals surface area contributed by atoms with Gasteiger partial charge in [0.05, 0.1) is 23.0 Å². The van der Waals surface area contributed by atoms with Gasteiger partial charge in [0, 0.05) is 0 Å². The number of halogens is 1. The summed E-state index contributed by atoms with van der Waals surface area (Å²) >= 11 is 6.08. The van der Waals surface area contributed by atoms with E-state index in [4.69, 9.17) is 16.0 Å². The molecule has 0 aliphatic rings. The minimum Gasteiger partial charge on any atom is -0.464 e. The highest BCUT2D eigenvalue weighted by Crippen LogP contribution is 2.29. The molecule has 0 saturated heterocycles. The minimum atomic E-state index is 0.0734. The van der Waals surface area contributed by atoms with Crippen LogP contribution in [0, 0.1) is 13.8 Å². The van der Waals surface area contributed by atoms with Crippen LogP contribution in [0.15, 0.2) is 34.7 Å². The Bertz CT molecular complexity index is 757. The Morgan fingerprint density at radius 2 is 2.05 bits per heavy atom. The van der Waals surface area contributed by atoms with Crippen LogP contribution in [0.2, 0.25) is 0 Å². The molecule has 0 bridgehead atoms. The van der Waals surface area contributed by atoms with Crippen molar-refractivity contribution in [2.45, 2.75) is 32.7 Å². The number of aryl methyl sites for hydroxylation is 2.